The fourth-order valence-electron chi connectivity index (χ4n) is 2.09. The van der Waals surface area contributed by atoms with Crippen molar-refractivity contribution in [3.8, 4) is 0 Å². The average molecular weight is 301 g/mol. The van der Waals surface area contributed by atoms with Gasteiger partial charge in [-0.15, -0.1) is 11.8 Å². The topological polar surface area (TPSA) is 49.3 Å². The molecule has 0 aliphatic rings. The highest BCUT2D eigenvalue weighted by atomic mass is 32.2. The summed E-state index contributed by atoms with van der Waals surface area (Å²) in [6.07, 6.45) is 1.89. The fourth-order valence-corrected chi connectivity index (χ4v) is 2.69. The van der Waals surface area contributed by atoms with Crippen molar-refractivity contribution in [2.75, 3.05) is 12.8 Å². The maximum atomic E-state index is 12.1. The van der Waals surface area contributed by atoms with Crippen LogP contribution in [-0.4, -0.2) is 23.8 Å². The number of carbonyl (C=O) groups is 1. The van der Waals surface area contributed by atoms with E-state index in [1.807, 2.05) is 60.9 Å². The Labute approximate surface area is 129 Å². The van der Waals surface area contributed by atoms with Crippen LogP contribution >= 0.6 is 11.8 Å². The van der Waals surface area contributed by atoms with E-state index in [0.717, 1.165) is 10.5 Å². The van der Waals surface area contributed by atoms with E-state index >= 15 is 0 Å². The minimum absolute atomic E-state index is 0.0970. The van der Waals surface area contributed by atoms with E-state index in [2.05, 4.69) is 5.32 Å². The molecule has 0 heterocycles. The van der Waals surface area contributed by atoms with E-state index in [1.165, 1.54) is 0 Å². The highest BCUT2D eigenvalue weighted by Gasteiger charge is 2.11. The van der Waals surface area contributed by atoms with Crippen molar-refractivity contribution in [3.05, 3.63) is 65.7 Å². The molecule has 3 nitrogen and oxygen atoms in total. The Morgan fingerprint density at radius 2 is 1.81 bits per heavy atom. The molecule has 2 rings (SSSR count). The zero-order valence-corrected chi connectivity index (χ0v) is 12.8. The van der Waals surface area contributed by atoms with Crippen LogP contribution in [0.25, 0.3) is 0 Å². The summed E-state index contributed by atoms with van der Waals surface area (Å²) < 4.78 is 0. The first-order valence-corrected chi connectivity index (χ1v) is 8.09. The SMILES string of the molecule is CSc1ccccc1C(=O)NCC[C@@H](O)c1ccccc1. The Bertz CT molecular complexity index is 586. The third-order valence-electron chi connectivity index (χ3n) is 3.24. The van der Waals surface area contributed by atoms with Gasteiger partial charge in [-0.3, -0.25) is 4.79 Å². The number of rotatable bonds is 6. The second kappa shape index (κ2) is 7.86. The molecular weight excluding hydrogens is 282 g/mol. The molecule has 21 heavy (non-hydrogen) atoms. The van der Waals surface area contributed by atoms with Gasteiger partial charge < -0.3 is 10.4 Å². The molecule has 0 saturated carbocycles. The van der Waals surface area contributed by atoms with Gasteiger partial charge in [0, 0.05) is 11.4 Å². The Hall–Kier alpha value is -1.78. The van der Waals surface area contributed by atoms with Crippen LogP contribution in [0.1, 0.15) is 28.4 Å². The Balaban J connectivity index is 1.87. The Morgan fingerprint density at radius 1 is 1.14 bits per heavy atom. The van der Waals surface area contributed by atoms with Gasteiger partial charge in [0.15, 0.2) is 0 Å². The van der Waals surface area contributed by atoms with Crippen LogP contribution in [-0.2, 0) is 0 Å². The van der Waals surface area contributed by atoms with E-state index in [9.17, 15) is 9.90 Å². The summed E-state index contributed by atoms with van der Waals surface area (Å²) in [5.41, 5.74) is 1.55. The van der Waals surface area contributed by atoms with E-state index in [4.69, 9.17) is 0 Å². The summed E-state index contributed by atoms with van der Waals surface area (Å²) in [6.45, 7) is 0.442. The predicted octanol–water partition coefficient (Wildman–Crippen LogP) is 3.26. The van der Waals surface area contributed by atoms with Crippen LogP contribution in [0.15, 0.2) is 59.5 Å². The van der Waals surface area contributed by atoms with Gasteiger partial charge in [0.05, 0.1) is 11.7 Å². The van der Waals surface area contributed by atoms with Crippen LogP contribution in [0.4, 0.5) is 0 Å². The lowest BCUT2D eigenvalue weighted by molar-refractivity contribution is 0.0939. The summed E-state index contributed by atoms with van der Waals surface area (Å²) in [4.78, 5) is 13.1. The van der Waals surface area contributed by atoms with E-state index in [1.54, 1.807) is 11.8 Å². The molecule has 4 heteroatoms. The van der Waals surface area contributed by atoms with E-state index < -0.39 is 6.10 Å². The molecule has 1 amide bonds. The highest BCUT2D eigenvalue weighted by Crippen LogP contribution is 2.20. The van der Waals surface area contributed by atoms with Gasteiger partial charge in [-0.25, -0.2) is 0 Å². The first-order chi connectivity index (χ1) is 10.2. The van der Waals surface area contributed by atoms with Gasteiger partial charge in [0.25, 0.3) is 5.91 Å². The van der Waals surface area contributed by atoms with Gasteiger partial charge in [-0.2, -0.15) is 0 Å². The second-order valence-electron chi connectivity index (χ2n) is 4.67. The van der Waals surface area contributed by atoms with Crippen molar-refractivity contribution < 1.29 is 9.90 Å². The molecule has 0 fully saturated rings. The quantitative estimate of drug-likeness (QED) is 0.805. The molecule has 0 bridgehead atoms. The zero-order chi connectivity index (χ0) is 15.1. The molecule has 2 aromatic carbocycles. The molecule has 0 saturated heterocycles. The summed E-state index contributed by atoms with van der Waals surface area (Å²) in [7, 11) is 0. The van der Waals surface area contributed by atoms with Crippen molar-refractivity contribution in [2.24, 2.45) is 0 Å². The standard InChI is InChI=1S/C17H19NO2S/c1-21-16-10-6-5-9-14(16)17(20)18-12-11-15(19)13-7-3-2-4-8-13/h2-10,15,19H,11-12H2,1H3,(H,18,20)/t15-/m1/s1. The van der Waals surface area contributed by atoms with E-state index in [-0.39, 0.29) is 5.91 Å². The largest absolute Gasteiger partial charge is 0.388 e. The van der Waals surface area contributed by atoms with Crippen molar-refractivity contribution in [1.29, 1.82) is 0 Å². The molecule has 0 spiro atoms. The predicted molar refractivity (Wildman–Crippen MR) is 86.6 cm³/mol. The van der Waals surface area contributed by atoms with Crippen LogP contribution < -0.4 is 5.32 Å². The minimum atomic E-state index is -0.553. The lowest BCUT2D eigenvalue weighted by atomic mass is 10.1. The minimum Gasteiger partial charge on any atom is -0.388 e. The summed E-state index contributed by atoms with van der Waals surface area (Å²) >= 11 is 1.55. The molecular formula is C17H19NO2S. The van der Waals surface area contributed by atoms with Crippen molar-refractivity contribution in [2.45, 2.75) is 17.4 Å². The molecule has 0 radical (unpaired) electrons. The van der Waals surface area contributed by atoms with Gasteiger partial charge in [-0.05, 0) is 30.4 Å². The lowest BCUT2D eigenvalue weighted by Crippen LogP contribution is -2.26. The van der Waals surface area contributed by atoms with Crippen LogP contribution in [0.3, 0.4) is 0 Å². The third-order valence-corrected chi connectivity index (χ3v) is 4.04. The molecule has 0 aromatic heterocycles. The number of thioether (sulfide) groups is 1. The molecule has 0 aliphatic carbocycles. The fraction of sp³-hybridized carbons (Fsp3) is 0.235. The summed E-state index contributed by atoms with van der Waals surface area (Å²) in [6, 6.07) is 17.0. The Kier molecular flexibility index (Phi) is 5.84. The Morgan fingerprint density at radius 3 is 2.52 bits per heavy atom. The number of aliphatic hydroxyl groups excluding tert-OH is 1. The highest BCUT2D eigenvalue weighted by molar-refractivity contribution is 7.98. The van der Waals surface area contributed by atoms with Gasteiger partial charge in [-0.1, -0.05) is 42.5 Å². The zero-order valence-electron chi connectivity index (χ0n) is 12.0. The number of aliphatic hydroxyl groups is 1. The van der Waals surface area contributed by atoms with Crippen molar-refractivity contribution in [3.63, 3.8) is 0 Å². The smallest absolute Gasteiger partial charge is 0.252 e. The third kappa shape index (κ3) is 4.34. The molecule has 0 aliphatic heterocycles. The molecule has 0 unspecified atom stereocenters. The van der Waals surface area contributed by atoms with Crippen molar-refractivity contribution >= 4 is 17.7 Å². The van der Waals surface area contributed by atoms with E-state index in [0.29, 0.717) is 18.5 Å². The van der Waals surface area contributed by atoms with Crippen LogP contribution in [0.5, 0.6) is 0 Å². The number of hydrogen-bond donors (Lipinski definition) is 2. The average Bonchev–Trinajstić information content (AvgIpc) is 2.55. The molecule has 2 N–H and O–H groups in total. The molecule has 1 atom stereocenters. The van der Waals surface area contributed by atoms with Gasteiger partial charge >= 0.3 is 0 Å². The monoisotopic (exact) mass is 301 g/mol. The lowest BCUT2D eigenvalue weighted by Gasteiger charge is -2.12. The first kappa shape index (κ1) is 15.6. The maximum Gasteiger partial charge on any atom is 0.252 e. The number of nitrogens with one attached hydrogen (secondary N) is 1. The number of carbonyl (C=O) groups excluding carboxylic acids is 1. The maximum absolute atomic E-state index is 12.1. The van der Waals surface area contributed by atoms with Gasteiger partial charge in [0.1, 0.15) is 0 Å². The number of benzene rings is 2. The number of hydrogen-bond acceptors (Lipinski definition) is 3. The molecule has 110 valence electrons. The summed E-state index contributed by atoms with van der Waals surface area (Å²) in [5.74, 6) is -0.0970. The molecule has 2 aromatic rings. The van der Waals surface area contributed by atoms with Crippen LogP contribution in [0.2, 0.25) is 0 Å². The van der Waals surface area contributed by atoms with Crippen LogP contribution in [0, 0.1) is 0 Å². The second-order valence-corrected chi connectivity index (χ2v) is 5.52. The van der Waals surface area contributed by atoms with Gasteiger partial charge in [0.2, 0.25) is 0 Å². The summed E-state index contributed by atoms with van der Waals surface area (Å²) in [5, 5.41) is 12.9. The number of amides is 1. The first-order valence-electron chi connectivity index (χ1n) is 6.86. The normalized spacial score (nSPS) is 11.9. The van der Waals surface area contributed by atoms with Crippen molar-refractivity contribution in [1.82, 2.24) is 5.32 Å².